The second kappa shape index (κ2) is 18.3. The zero-order valence-corrected chi connectivity index (χ0v) is 13.1. The highest BCUT2D eigenvalue weighted by molar-refractivity contribution is 7.85. The quantitative estimate of drug-likeness (QED) is 0.562. The van der Waals surface area contributed by atoms with Gasteiger partial charge in [0.15, 0.2) is 0 Å². The Morgan fingerprint density at radius 2 is 1.18 bits per heavy atom. The van der Waals surface area contributed by atoms with E-state index >= 15 is 0 Å². The van der Waals surface area contributed by atoms with E-state index in [4.69, 9.17) is 4.55 Å². The van der Waals surface area contributed by atoms with Gasteiger partial charge in [0.05, 0.1) is 5.75 Å². The third-order valence-corrected chi connectivity index (χ3v) is 2.56. The van der Waals surface area contributed by atoms with Crippen LogP contribution in [0.25, 0.3) is 0 Å². The maximum atomic E-state index is 10.1. The Kier molecular flexibility index (Phi) is 23.8. The van der Waals surface area contributed by atoms with Crippen LogP contribution >= 0.6 is 0 Å². The van der Waals surface area contributed by atoms with E-state index < -0.39 is 10.1 Å². The molecule has 4 heteroatoms. The van der Waals surface area contributed by atoms with E-state index in [1.165, 1.54) is 19.3 Å². The molecule has 0 fully saturated rings. The van der Waals surface area contributed by atoms with Gasteiger partial charge < -0.3 is 0 Å². The molecule has 0 saturated carbocycles. The summed E-state index contributed by atoms with van der Waals surface area (Å²) in [5.74, 6) is -0.0903. The normalized spacial score (nSPS) is 9.76. The molecular weight excluding hydrogens is 236 g/mol. The molecule has 0 unspecified atom stereocenters. The maximum Gasteiger partial charge on any atom is 0.264 e. The summed E-state index contributed by atoms with van der Waals surface area (Å²) in [6.45, 7) is 10.7. The van der Waals surface area contributed by atoms with E-state index in [1.807, 2.05) is 6.92 Å². The van der Waals surface area contributed by atoms with Crippen LogP contribution in [0.15, 0.2) is 0 Å². The van der Waals surface area contributed by atoms with Gasteiger partial charge in [-0.15, -0.1) is 0 Å². The molecule has 108 valence electrons. The first-order chi connectivity index (χ1) is 7.89. The van der Waals surface area contributed by atoms with E-state index in [9.17, 15) is 8.42 Å². The SMILES string of the molecule is CCC.CCCC.CCCCCCS(=O)(=O)O. The molecule has 3 nitrogen and oxygen atoms in total. The molecule has 0 atom stereocenters. The molecular formula is C13H32O3S. The van der Waals surface area contributed by atoms with Crippen LogP contribution in [-0.4, -0.2) is 18.7 Å². The van der Waals surface area contributed by atoms with E-state index in [2.05, 4.69) is 27.7 Å². The van der Waals surface area contributed by atoms with Crippen LogP contribution < -0.4 is 0 Å². The summed E-state index contributed by atoms with van der Waals surface area (Å²) in [4.78, 5) is 0. The average molecular weight is 268 g/mol. The topological polar surface area (TPSA) is 54.4 Å². The van der Waals surface area contributed by atoms with Crippen molar-refractivity contribution in [3.8, 4) is 0 Å². The lowest BCUT2D eigenvalue weighted by Crippen LogP contribution is -2.03. The van der Waals surface area contributed by atoms with Crippen molar-refractivity contribution in [2.75, 3.05) is 5.75 Å². The largest absolute Gasteiger partial charge is 0.286 e. The van der Waals surface area contributed by atoms with E-state index in [-0.39, 0.29) is 5.75 Å². The van der Waals surface area contributed by atoms with Crippen molar-refractivity contribution in [2.24, 2.45) is 0 Å². The fraction of sp³-hybridized carbons (Fsp3) is 1.00. The lowest BCUT2D eigenvalue weighted by atomic mass is 10.2. The van der Waals surface area contributed by atoms with Crippen LogP contribution in [0.1, 0.15) is 79.6 Å². The molecule has 0 aliphatic heterocycles. The third kappa shape index (κ3) is 49.2. The van der Waals surface area contributed by atoms with E-state index in [1.54, 1.807) is 0 Å². The molecule has 0 aromatic carbocycles. The van der Waals surface area contributed by atoms with Crippen LogP contribution in [0.5, 0.6) is 0 Å². The molecule has 0 aliphatic rings. The summed E-state index contributed by atoms with van der Waals surface area (Å²) in [5.41, 5.74) is 0. The molecule has 0 saturated heterocycles. The molecule has 0 amide bonds. The predicted molar refractivity (Wildman–Crippen MR) is 77.1 cm³/mol. The highest BCUT2D eigenvalue weighted by Gasteiger charge is 2.01. The van der Waals surface area contributed by atoms with Crippen molar-refractivity contribution >= 4 is 10.1 Å². The second-order valence-corrected chi connectivity index (χ2v) is 5.63. The summed E-state index contributed by atoms with van der Waals surface area (Å²) in [6, 6.07) is 0. The predicted octanol–water partition coefficient (Wildman–Crippen LogP) is 4.68. The number of unbranched alkanes of at least 4 members (excludes halogenated alkanes) is 4. The van der Waals surface area contributed by atoms with E-state index in [0.29, 0.717) is 6.42 Å². The van der Waals surface area contributed by atoms with Crippen molar-refractivity contribution in [1.29, 1.82) is 0 Å². The third-order valence-electron chi connectivity index (χ3n) is 1.76. The van der Waals surface area contributed by atoms with E-state index in [0.717, 1.165) is 19.3 Å². The van der Waals surface area contributed by atoms with Gasteiger partial charge in [-0.3, -0.25) is 4.55 Å². The molecule has 0 radical (unpaired) electrons. The summed E-state index contributed by atoms with van der Waals surface area (Å²) in [7, 11) is -3.70. The molecule has 17 heavy (non-hydrogen) atoms. The summed E-state index contributed by atoms with van der Waals surface area (Å²) in [5, 5.41) is 0. The molecule has 0 aliphatic carbocycles. The zero-order valence-electron chi connectivity index (χ0n) is 12.3. The fourth-order valence-corrected chi connectivity index (χ4v) is 1.28. The molecule has 0 aromatic rings. The molecule has 0 spiro atoms. The van der Waals surface area contributed by atoms with Gasteiger partial charge in [0.1, 0.15) is 0 Å². The Labute approximate surface area is 109 Å². The van der Waals surface area contributed by atoms with Gasteiger partial charge >= 0.3 is 0 Å². The Bertz CT molecular complexity index is 197. The van der Waals surface area contributed by atoms with Crippen LogP contribution in [0, 0.1) is 0 Å². The Balaban J connectivity index is -0.000000232. The number of rotatable bonds is 6. The molecule has 0 heterocycles. The molecule has 0 bridgehead atoms. The Morgan fingerprint density at radius 3 is 1.41 bits per heavy atom. The number of hydrogen-bond acceptors (Lipinski definition) is 2. The summed E-state index contributed by atoms with van der Waals surface area (Å²) >= 11 is 0. The minimum Gasteiger partial charge on any atom is -0.286 e. The molecule has 1 N–H and O–H groups in total. The lowest BCUT2D eigenvalue weighted by molar-refractivity contribution is 0.479. The van der Waals surface area contributed by atoms with Crippen LogP contribution in [-0.2, 0) is 10.1 Å². The molecule has 0 aromatic heterocycles. The minimum atomic E-state index is -3.70. The van der Waals surface area contributed by atoms with Crippen molar-refractivity contribution in [2.45, 2.75) is 79.6 Å². The first-order valence-corrected chi connectivity index (χ1v) is 8.45. The van der Waals surface area contributed by atoms with Gasteiger partial charge in [0.25, 0.3) is 10.1 Å². The standard InChI is InChI=1S/C6H14O3S.C4H10.C3H8/c1-2-3-4-5-6-10(7,8)9;1-3-4-2;1-3-2/h2-6H2,1H3,(H,7,8,9);3-4H2,1-2H3;3H2,1-2H3. The summed E-state index contributed by atoms with van der Waals surface area (Å²) < 4.78 is 28.6. The summed E-state index contributed by atoms with van der Waals surface area (Å²) in [6.07, 6.45) is 7.46. The first kappa shape index (κ1) is 22.1. The molecule has 0 rings (SSSR count). The van der Waals surface area contributed by atoms with Gasteiger partial charge in [-0.25, -0.2) is 0 Å². The highest BCUT2D eigenvalue weighted by Crippen LogP contribution is 2.00. The van der Waals surface area contributed by atoms with Gasteiger partial charge in [0, 0.05) is 0 Å². The fourth-order valence-electron chi connectivity index (χ4n) is 0.711. The van der Waals surface area contributed by atoms with Crippen molar-refractivity contribution in [1.82, 2.24) is 0 Å². The monoisotopic (exact) mass is 268 g/mol. The van der Waals surface area contributed by atoms with Gasteiger partial charge in [0.2, 0.25) is 0 Å². The first-order valence-electron chi connectivity index (χ1n) is 6.84. The maximum absolute atomic E-state index is 10.1. The van der Waals surface area contributed by atoms with Crippen molar-refractivity contribution < 1.29 is 13.0 Å². The zero-order chi connectivity index (χ0) is 14.2. The Morgan fingerprint density at radius 1 is 0.765 bits per heavy atom. The van der Waals surface area contributed by atoms with Crippen molar-refractivity contribution in [3.05, 3.63) is 0 Å². The van der Waals surface area contributed by atoms with Crippen molar-refractivity contribution in [3.63, 3.8) is 0 Å². The second-order valence-electron chi connectivity index (χ2n) is 4.05. The van der Waals surface area contributed by atoms with Crippen LogP contribution in [0.2, 0.25) is 0 Å². The van der Waals surface area contributed by atoms with Gasteiger partial charge in [-0.1, -0.05) is 73.1 Å². The van der Waals surface area contributed by atoms with Crippen LogP contribution in [0.3, 0.4) is 0 Å². The van der Waals surface area contributed by atoms with Crippen LogP contribution in [0.4, 0.5) is 0 Å². The number of hydrogen-bond donors (Lipinski definition) is 1. The highest BCUT2D eigenvalue weighted by atomic mass is 32.2. The van der Waals surface area contributed by atoms with Gasteiger partial charge in [-0.05, 0) is 6.42 Å². The Hall–Kier alpha value is -0.0900. The smallest absolute Gasteiger partial charge is 0.264 e. The van der Waals surface area contributed by atoms with Gasteiger partial charge in [-0.2, -0.15) is 8.42 Å². The minimum absolute atomic E-state index is 0.0903. The average Bonchev–Trinajstić information content (AvgIpc) is 2.25. The lowest BCUT2D eigenvalue weighted by Gasteiger charge is -1.95.